The van der Waals surface area contributed by atoms with Crippen molar-refractivity contribution in [2.24, 2.45) is 5.10 Å². The van der Waals surface area contributed by atoms with Crippen molar-refractivity contribution >= 4 is 23.5 Å². The molecule has 0 saturated heterocycles. The summed E-state index contributed by atoms with van der Waals surface area (Å²) in [6, 6.07) is 9.38. The van der Waals surface area contributed by atoms with E-state index in [1.165, 1.54) is 36.4 Å². The minimum atomic E-state index is -0.758. The molecule has 0 aliphatic carbocycles. The second-order valence-corrected chi connectivity index (χ2v) is 4.78. The van der Waals surface area contributed by atoms with Gasteiger partial charge in [0.25, 0.3) is 5.91 Å². The Morgan fingerprint density at radius 3 is 2.46 bits per heavy atom. The number of rotatable bonds is 7. The molecule has 0 aromatic heterocycles. The van der Waals surface area contributed by atoms with Gasteiger partial charge in [-0.05, 0) is 12.1 Å². The summed E-state index contributed by atoms with van der Waals surface area (Å²) in [5.74, 6) is -1.39. The van der Waals surface area contributed by atoms with Gasteiger partial charge in [0.2, 0.25) is 5.75 Å². The number of carbonyl (C=O) groups excluding carboxylic acids is 1. The standard InChI is InChI=1S/C15H12N4O7/c20-14(9-26-13-7-2-1-5-11(13)18(22)23)17-16-8-10-4-3-6-12(15(10)21)19(24)25/h1-8,21H,9H2,(H,17,20). The van der Waals surface area contributed by atoms with Crippen LogP contribution in [-0.4, -0.2) is 33.7 Å². The molecule has 2 aromatic rings. The van der Waals surface area contributed by atoms with Gasteiger partial charge in [0.1, 0.15) is 0 Å². The summed E-state index contributed by atoms with van der Waals surface area (Å²) < 4.78 is 5.07. The molecule has 26 heavy (non-hydrogen) atoms. The van der Waals surface area contributed by atoms with E-state index >= 15 is 0 Å². The molecule has 2 aromatic carbocycles. The predicted octanol–water partition coefficient (Wildman–Crippen LogP) is 1.74. The van der Waals surface area contributed by atoms with Crippen molar-refractivity contribution < 1.29 is 24.5 Å². The van der Waals surface area contributed by atoms with E-state index in [0.717, 1.165) is 12.3 Å². The van der Waals surface area contributed by atoms with Crippen molar-refractivity contribution in [3.8, 4) is 11.5 Å². The number of nitro groups is 2. The molecule has 1 amide bonds. The average molecular weight is 360 g/mol. The number of para-hydroxylation sites is 3. The van der Waals surface area contributed by atoms with Gasteiger partial charge in [-0.25, -0.2) is 5.43 Å². The number of nitrogens with zero attached hydrogens (tertiary/aromatic N) is 3. The highest BCUT2D eigenvalue weighted by atomic mass is 16.6. The number of phenolic OH excluding ortho intramolecular Hbond substituents is 1. The molecule has 0 bridgehead atoms. The molecule has 0 saturated carbocycles. The van der Waals surface area contributed by atoms with Gasteiger partial charge in [-0.1, -0.05) is 18.2 Å². The highest BCUT2D eigenvalue weighted by Crippen LogP contribution is 2.28. The fourth-order valence-corrected chi connectivity index (χ4v) is 1.88. The summed E-state index contributed by atoms with van der Waals surface area (Å²) in [5, 5.41) is 34.8. The second-order valence-electron chi connectivity index (χ2n) is 4.78. The number of amides is 1. The third-order valence-corrected chi connectivity index (χ3v) is 3.06. The topological polar surface area (TPSA) is 157 Å². The Bertz CT molecular complexity index is 882. The lowest BCUT2D eigenvalue weighted by molar-refractivity contribution is -0.386. The minimum Gasteiger partial charge on any atom is -0.502 e. The van der Waals surface area contributed by atoms with Gasteiger partial charge >= 0.3 is 11.4 Å². The van der Waals surface area contributed by atoms with E-state index in [-0.39, 0.29) is 17.0 Å². The summed E-state index contributed by atoms with van der Waals surface area (Å²) in [4.78, 5) is 31.8. The molecular formula is C15H12N4O7. The molecule has 0 fully saturated rings. The Labute approximate surface area is 145 Å². The zero-order valence-corrected chi connectivity index (χ0v) is 13.1. The van der Waals surface area contributed by atoms with Crippen LogP contribution in [0.5, 0.6) is 11.5 Å². The average Bonchev–Trinajstić information content (AvgIpc) is 2.61. The molecule has 0 radical (unpaired) electrons. The van der Waals surface area contributed by atoms with Gasteiger partial charge < -0.3 is 9.84 Å². The largest absolute Gasteiger partial charge is 0.502 e. The maximum absolute atomic E-state index is 11.7. The van der Waals surface area contributed by atoms with Crippen LogP contribution in [0.25, 0.3) is 0 Å². The normalized spacial score (nSPS) is 10.5. The lowest BCUT2D eigenvalue weighted by Gasteiger charge is -2.05. The van der Waals surface area contributed by atoms with Crippen LogP contribution in [0.15, 0.2) is 47.6 Å². The van der Waals surface area contributed by atoms with Gasteiger partial charge in [0.05, 0.1) is 16.1 Å². The second kappa shape index (κ2) is 8.19. The number of hydrogen-bond donors (Lipinski definition) is 2. The first-order valence-corrected chi connectivity index (χ1v) is 7.04. The van der Waals surface area contributed by atoms with Crippen LogP contribution in [0.3, 0.4) is 0 Å². The smallest absolute Gasteiger partial charge is 0.311 e. The van der Waals surface area contributed by atoms with Crippen LogP contribution < -0.4 is 10.2 Å². The van der Waals surface area contributed by atoms with E-state index in [1.807, 2.05) is 0 Å². The Balaban J connectivity index is 1.96. The molecular weight excluding hydrogens is 348 g/mol. The van der Waals surface area contributed by atoms with Crippen molar-refractivity contribution in [3.05, 3.63) is 68.3 Å². The number of hydrazone groups is 1. The summed E-state index contributed by atoms with van der Waals surface area (Å²) in [6.07, 6.45) is 1.02. The summed E-state index contributed by atoms with van der Waals surface area (Å²) >= 11 is 0. The molecule has 11 heteroatoms. The molecule has 0 spiro atoms. The number of carbonyl (C=O) groups is 1. The predicted molar refractivity (Wildman–Crippen MR) is 89.1 cm³/mol. The quantitative estimate of drug-likeness (QED) is 0.432. The summed E-state index contributed by atoms with van der Waals surface area (Å²) in [7, 11) is 0. The van der Waals surface area contributed by atoms with E-state index in [0.29, 0.717) is 0 Å². The van der Waals surface area contributed by atoms with E-state index in [2.05, 4.69) is 10.5 Å². The SMILES string of the molecule is O=C(COc1ccccc1[N+](=O)[O-])NN=Cc1cccc([N+](=O)[O-])c1O. The fraction of sp³-hybridized carbons (Fsp3) is 0.0667. The van der Waals surface area contributed by atoms with Crippen LogP contribution in [-0.2, 0) is 4.79 Å². The summed E-state index contributed by atoms with van der Waals surface area (Å²) in [5.41, 5.74) is 1.32. The minimum absolute atomic E-state index is 0.0270. The molecule has 2 N–H and O–H groups in total. The number of nitrogens with one attached hydrogen (secondary N) is 1. The Kier molecular flexibility index (Phi) is 5.77. The fourth-order valence-electron chi connectivity index (χ4n) is 1.88. The highest BCUT2D eigenvalue weighted by Gasteiger charge is 2.16. The van der Waals surface area contributed by atoms with E-state index < -0.39 is 33.8 Å². The van der Waals surface area contributed by atoms with E-state index in [9.17, 15) is 30.1 Å². The molecule has 0 atom stereocenters. The summed E-state index contributed by atoms with van der Waals surface area (Å²) in [6.45, 7) is -0.539. The monoisotopic (exact) mass is 360 g/mol. The van der Waals surface area contributed by atoms with Gasteiger partial charge in [-0.3, -0.25) is 25.0 Å². The molecule has 2 rings (SSSR count). The van der Waals surface area contributed by atoms with Crippen molar-refractivity contribution in [2.75, 3.05) is 6.61 Å². The molecule has 11 nitrogen and oxygen atoms in total. The molecule has 134 valence electrons. The first kappa shape index (κ1) is 18.3. The number of nitro benzene ring substituents is 2. The number of benzene rings is 2. The van der Waals surface area contributed by atoms with Crippen molar-refractivity contribution in [1.82, 2.24) is 5.43 Å². The number of ether oxygens (including phenoxy) is 1. The van der Waals surface area contributed by atoms with Crippen molar-refractivity contribution in [2.45, 2.75) is 0 Å². The Morgan fingerprint density at radius 2 is 1.77 bits per heavy atom. The maximum atomic E-state index is 11.7. The number of aromatic hydroxyl groups is 1. The van der Waals surface area contributed by atoms with Gasteiger partial charge in [0.15, 0.2) is 12.4 Å². The molecule has 0 unspecified atom stereocenters. The lowest BCUT2D eigenvalue weighted by atomic mass is 10.2. The number of hydrogen-bond acceptors (Lipinski definition) is 8. The first-order valence-electron chi connectivity index (χ1n) is 7.04. The third-order valence-electron chi connectivity index (χ3n) is 3.06. The van der Waals surface area contributed by atoms with Crippen LogP contribution in [0.1, 0.15) is 5.56 Å². The maximum Gasteiger partial charge on any atom is 0.311 e. The van der Waals surface area contributed by atoms with Crippen LogP contribution in [0, 0.1) is 20.2 Å². The van der Waals surface area contributed by atoms with Gasteiger partial charge in [-0.2, -0.15) is 5.10 Å². The zero-order valence-electron chi connectivity index (χ0n) is 13.1. The van der Waals surface area contributed by atoms with Crippen LogP contribution >= 0.6 is 0 Å². The first-order chi connectivity index (χ1) is 12.4. The van der Waals surface area contributed by atoms with Gasteiger partial charge in [-0.15, -0.1) is 0 Å². The molecule has 0 heterocycles. The zero-order chi connectivity index (χ0) is 19.1. The third kappa shape index (κ3) is 4.50. The molecule has 0 aliphatic rings. The number of phenols is 1. The van der Waals surface area contributed by atoms with Crippen LogP contribution in [0.4, 0.5) is 11.4 Å². The van der Waals surface area contributed by atoms with Gasteiger partial charge in [0, 0.05) is 17.7 Å². The highest BCUT2D eigenvalue weighted by molar-refractivity contribution is 5.87. The Morgan fingerprint density at radius 1 is 1.12 bits per heavy atom. The van der Waals surface area contributed by atoms with E-state index in [1.54, 1.807) is 0 Å². The van der Waals surface area contributed by atoms with E-state index in [4.69, 9.17) is 4.74 Å². The Hall–Kier alpha value is -4.02. The van der Waals surface area contributed by atoms with Crippen LogP contribution in [0.2, 0.25) is 0 Å². The van der Waals surface area contributed by atoms with Crippen molar-refractivity contribution in [3.63, 3.8) is 0 Å². The molecule has 0 aliphatic heterocycles. The van der Waals surface area contributed by atoms with Crippen molar-refractivity contribution in [1.29, 1.82) is 0 Å². The lowest BCUT2D eigenvalue weighted by Crippen LogP contribution is -2.24.